The Morgan fingerprint density at radius 2 is 2.24 bits per heavy atom. The molecule has 1 aliphatic heterocycles. The minimum absolute atomic E-state index is 0.0460. The summed E-state index contributed by atoms with van der Waals surface area (Å²) in [5, 5.41) is 8.03. The molecule has 0 bridgehead atoms. The summed E-state index contributed by atoms with van der Waals surface area (Å²) in [7, 11) is 0. The zero-order chi connectivity index (χ0) is 17.2. The number of carbonyl (C=O) groups is 1. The third kappa shape index (κ3) is 3.45. The lowest BCUT2D eigenvalue weighted by atomic mass is 9.97. The van der Waals surface area contributed by atoms with Crippen LogP contribution in [0.3, 0.4) is 0 Å². The van der Waals surface area contributed by atoms with Gasteiger partial charge in [0.1, 0.15) is 15.6 Å². The molecule has 6 heteroatoms. The smallest absolute Gasteiger partial charge is 0.263 e. The van der Waals surface area contributed by atoms with Crippen molar-refractivity contribution < 1.29 is 9.53 Å². The molecule has 0 saturated carbocycles. The molecule has 4 nitrogen and oxygen atoms in total. The summed E-state index contributed by atoms with van der Waals surface area (Å²) in [5.41, 5.74) is 3.07. The number of ether oxygens (including phenoxy) is 1. The summed E-state index contributed by atoms with van der Waals surface area (Å²) in [6.45, 7) is 3.14. The van der Waals surface area contributed by atoms with E-state index in [-0.39, 0.29) is 5.91 Å². The largest absolute Gasteiger partial charge is 0.493 e. The van der Waals surface area contributed by atoms with Gasteiger partial charge >= 0.3 is 0 Å². The van der Waals surface area contributed by atoms with Crippen LogP contribution in [0.25, 0.3) is 10.6 Å². The Morgan fingerprint density at radius 3 is 3.08 bits per heavy atom. The van der Waals surface area contributed by atoms with E-state index in [9.17, 15) is 4.79 Å². The first-order valence-electron chi connectivity index (χ1n) is 8.19. The van der Waals surface area contributed by atoms with E-state index in [1.807, 2.05) is 36.6 Å². The van der Waals surface area contributed by atoms with Crippen LogP contribution in [-0.2, 0) is 6.42 Å². The predicted molar refractivity (Wildman–Crippen MR) is 102 cm³/mol. The molecule has 0 spiro atoms. The van der Waals surface area contributed by atoms with Crippen LogP contribution in [0, 0.1) is 12.8 Å². The standard InChI is InChI=1S/C19H18N2O2S2/c1-12-17(25-19(21-12)15-6-7-24-11-15)18(22)20-9-13-8-14-4-2-3-5-16(14)23-10-13/h2-7,11,13H,8-10H2,1H3,(H,20,22). The number of fused-ring (bicyclic) bond motifs is 1. The maximum absolute atomic E-state index is 12.6. The third-order valence-electron chi connectivity index (χ3n) is 4.28. The molecule has 0 saturated heterocycles. The number of hydrogen-bond donors (Lipinski definition) is 1. The average Bonchev–Trinajstić information content (AvgIpc) is 3.29. The Hall–Kier alpha value is -2.18. The van der Waals surface area contributed by atoms with Gasteiger partial charge in [0.25, 0.3) is 5.91 Å². The molecule has 1 N–H and O–H groups in total. The van der Waals surface area contributed by atoms with Crippen LogP contribution >= 0.6 is 22.7 Å². The Bertz CT molecular complexity index is 887. The average molecular weight is 370 g/mol. The summed E-state index contributed by atoms with van der Waals surface area (Å²) >= 11 is 3.09. The summed E-state index contributed by atoms with van der Waals surface area (Å²) in [6, 6.07) is 10.1. The lowest BCUT2D eigenvalue weighted by Crippen LogP contribution is -2.34. The van der Waals surface area contributed by atoms with Gasteiger partial charge < -0.3 is 10.1 Å². The molecular weight excluding hydrogens is 352 g/mol. The number of aromatic nitrogens is 1. The highest BCUT2D eigenvalue weighted by atomic mass is 32.1. The fourth-order valence-corrected chi connectivity index (χ4v) is 4.65. The zero-order valence-corrected chi connectivity index (χ0v) is 15.5. The monoisotopic (exact) mass is 370 g/mol. The molecule has 0 aliphatic carbocycles. The van der Waals surface area contributed by atoms with Gasteiger partial charge in [0.05, 0.1) is 12.3 Å². The number of nitrogens with one attached hydrogen (secondary N) is 1. The van der Waals surface area contributed by atoms with E-state index in [0.29, 0.717) is 23.9 Å². The van der Waals surface area contributed by atoms with Crippen molar-refractivity contribution in [3.8, 4) is 16.3 Å². The fourth-order valence-electron chi connectivity index (χ4n) is 2.96. The van der Waals surface area contributed by atoms with Gasteiger partial charge in [0.2, 0.25) is 0 Å². The van der Waals surface area contributed by atoms with E-state index in [4.69, 9.17) is 4.74 Å². The quantitative estimate of drug-likeness (QED) is 0.750. The maximum Gasteiger partial charge on any atom is 0.263 e. The SMILES string of the molecule is Cc1nc(-c2ccsc2)sc1C(=O)NCC1COc2ccccc2C1. The van der Waals surface area contributed by atoms with Crippen molar-refractivity contribution in [1.29, 1.82) is 0 Å². The zero-order valence-electron chi connectivity index (χ0n) is 13.8. The van der Waals surface area contributed by atoms with E-state index < -0.39 is 0 Å². The van der Waals surface area contributed by atoms with E-state index in [1.165, 1.54) is 16.9 Å². The molecule has 1 atom stereocenters. The van der Waals surface area contributed by atoms with Crippen LogP contribution in [0.2, 0.25) is 0 Å². The molecule has 1 aromatic carbocycles. The Balaban J connectivity index is 1.40. The summed E-state index contributed by atoms with van der Waals surface area (Å²) in [5.74, 6) is 1.21. The van der Waals surface area contributed by atoms with Crippen molar-refractivity contribution in [2.45, 2.75) is 13.3 Å². The number of carbonyl (C=O) groups excluding carboxylic acids is 1. The second kappa shape index (κ2) is 6.98. The Labute approximate surface area is 154 Å². The van der Waals surface area contributed by atoms with Crippen LogP contribution < -0.4 is 10.1 Å². The lowest BCUT2D eigenvalue weighted by molar-refractivity contribution is 0.0942. The van der Waals surface area contributed by atoms with Crippen LogP contribution in [-0.4, -0.2) is 24.0 Å². The van der Waals surface area contributed by atoms with Crippen LogP contribution in [0.5, 0.6) is 5.75 Å². The topological polar surface area (TPSA) is 51.2 Å². The van der Waals surface area contributed by atoms with Crippen molar-refractivity contribution in [1.82, 2.24) is 10.3 Å². The van der Waals surface area contributed by atoms with Gasteiger partial charge in [-0.1, -0.05) is 18.2 Å². The molecule has 2 aromatic heterocycles. The molecule has 128 valence electrons. The highest BCUT2D eigenvalue weighted by Gasteiger charge is 2.22. The molecule has 1 unspecified atom stereocenters. The molecule has 1 aliphatic rings. The van der Waals surface area contributed by atoms with Gasteiger partial charge in [-0.2, -0.15) is 11.3 Å². The number of thiophene rings is 1. The number of thiazole rings is 1. The van der Waals surface area contributed by atoms with E-state index >= 15 is 0 Å². The fraction of sp³-hybridized carbons (Fsp3) is 0.263. The number of rotatable bonds is 4. The lowest BCUT2D eigenvalue weighted by Gasteiger charge is -2.25. The highest BCUT2D eigenvalue weighted by Crippen LogP contribution is 2.30. The van der Waals surface area contributed by atoms with E-state index in [1.54, 1.807) is 11.3 Å². The number of para-hydroxylation sites is 1. The molecule has 0 radical (unpaired) electrons. The van der Waals surface area contributed by atoms with Crippen LogP contribution in [0.1, 0.15) is 20.9 Å². The Morgan fingerprint density at radius 1 is 1.36 bits per heavy atom. The van der Waals surface area contributed by atoms with Gasteiger partial charge in [-0.3, -0.25) is 4.79 Å². The van der Waals surface area contributed by atoms with Crippen molar-refractivity contribution in [2.24, 2.45) is 5.92 Å². The second-order valence-electron chi connectivity index (χ2n) is 6.14. The molecular formula is C19H18N2O2S2. The number of amides is 1. The van der Waals surface area contributed by atoms with Gasteiger partial charge in [0.15, 0.2) is 0 Å². The van der Waals surface area contributed by atoms with Gasteiger partial charge in [0, 0.05) is 23.4 Å². The van der Waals surface area contributed by atoms with Gasteiger partial charge in [-0.15, -0.1) is 11.3 Å². The summed E-state index contributed by atoms with van der Waals surface area (Å²) in [6.07, 6.45) is 0.929. The first-order valence-corrected chi connectivity index (χ1v) is 9.95. The van der Waals surface area contributed by atoms with Gasteiger partial charge in [-0.25, -0.2) is 4.98 Å². The molecule has 25 heavy (non-hydrogen) atoms. The minimum Gasteiger partial charge on any atom is -0.493 e. The summed E-state index contributed by atoms with van der Waals surface area (Å²) in [4.78, 5) is 17.8. The predicted octanol–water partition coefficient (Wildman–Crippen LogP) is 4.16. The van der Waals surface area contributed by atoms with Crippen molar-refractivity contribution >= 4 is 28.6 Å². The number of benzene rings is 1. The minimum atomic E-state index is -0.0460. The number of aryl methyl sites for hydroxylation is 1. The number of nitrogens with zero attached hydrogens (tertiary/aromatic N) is 1. The first-order chi connectivity index (χ1) is 12.2. The Kier molecular flexibility index (Phi) is 4.55. The van der Waals surface area contributed by atoms with Gasteiger partial charge in [-0.05, 0) is 36.4 Å². The normalized spacial score (nSPS) is 16.1. The van der Waals surface area contributed by atoms with Crippen LogP contribution in [0.15, 0.2) is 41.1 Å². The summed E-state index contributed by atoms with van der Waals surface area (Å²) < 4.78 is 5.79. The highest BCUT2D eigenvalue weighted by molar-refractivity contribution is 7.17. The molecule has 1 amide bonds. The maximum atomic E-state index is 12.6. The van der Waals surface area contributed by atoms with E-state index in [2.05, 4.69) is 21.7 Å². The molecule has 4 rings (SSSR count). The molecule has 3 heterocycles. The molecule has 0 fully saturated rings. The van der Waals surface area contributed by atoms with E-state index in [0.717, 1.165) is 28.4 Å². The van der Waals surface area contributed by atoms with Crippen molar-refractivity contribution in [3.63, 3.8) is 0 Å². The van der Waals surface area contributed by atoms with Crippen molar-refractivity contribution in [2.75, 3.05) is 13.2 Å². The molecule has 3 aromatic rings. The number of hydrogen-bond acceptors (Lipinski definition) is 5. The first kappa shape index (κ1) is 16.3. The second-order valence-corrected chi connectivity index (χ2v) is 7.92. The van der Waals surface area contributed by atoms with Crippen molar-refractivity contribution in [3.05, 3.63) is 57.2 Å². The van der Waals surface area contributed by atoms with Crippen LogP contribution in [0.4, 0.5) is 0 Å². The third-order valence-corrected chi connectivity index (χ3v) is 6.17.